The average Bonchev–Trinajstić information content (AvgIpc) is 2.33. The molecular weight excluding hydrogens is 337 g/mol. The van der Waals surface area contributed by atoms with E-state index in [9.17, 15) is 4.39 Å². The molecule has 0 bridgehead atoms. The Balaban J connectivity index is 2.29. The fraction of sp³-hybridized carbons (Fsp3) is 0.182. The summed E-state index contributed by atoms with van der Waals surface area (Å²) in [5.74, 6) is 0.0955. The van der Waals surface area contributed by atoms with Gasteiger partial charge in [0, 0.05) is 11.0 Å². The summed E-state index contributed by atoms with van der Waals surface area (Å²) < 4.78 is 14.3. The predicted octanol–water partition coefficient (Wildman–Crippen LogP) is 3.60. The van der Waals surface area contributed by atoms with Crippen molar-refractivity contribution in [3.8, 4) is 0 Å². The Labute approximate surface area is 122 Å². The molecule has 1 heterocycles. The maximum absolute atomic E-state index is 13.6. The molecule has 8 heteroatoms. The van der Waals surface area contributed by atoms with Crippen LogP contribution in [0.5, 0.6) is 0 Å². The minimum absolute atomic E-state index is 0.0313. The zero-order valence-corrected chi connectivity index (χ0v) is 12.3. The summed E-state index contributed by atoms with van der Waals surface area (Å²) in [6, 6.07) is 4.52. The molecule has 1 aromatic carbocycles. The number of halogens is 3. The van der Waals surface area contributed by atoms with E-state index < -0.39 is 5.82 Å². The molecule has 2 rings (SSSR count). The van der Waals surface area contributed by atoms with Crippen LogP contribution in [0.2, 0.25) is 5.28 Å². The van der Waals surface area contributed by atoms with Crippen molar-refractivity contribution in [1.82, 2.24) is 15.0 Å². The molecule has 0 radical (unpaired) electrons. The molecule has 0 aliphatic carbocycles. The van der Waals surface area contributed by atoms with Gasteiger partial charge >= 0.3 is 0 Å². The first-order valence-electron chi connectivity index (χ1n) is 5.46. The molecule has 19 heavy (non-hydrogen) atoms. The van der Waals surface area contributed by atoms with Crippen LogP contribution in [0.1, 0.15) is 6.92 Å². The third-order valence-electron chi connectivity index (χ3n) is 2.12. The first-order valence-corrected chi connectivity index (χ1v) is 6.63. The summed E-state index contributed by atoms with van der Waals surface area (Å²) in [4.78, 5) is 11.9. The van der Waals surface area contributed by atoms with Crippen molar-refractivity contribution in [2.24, 2.45) is 0 Å². The monoisotopic (exact) mass is 345 g/mol. The Morgan fingerprint density at radius 3 is 2.74 bits per heavy atom. The van der Waals surface area contributed by atoms with Crippen molar-refractivity contribution in [2.75, 3.05) is 17.2 Å². The van der Waals surface area contributed by atoms with Crippen molar-refractivity contribution in [3.05, 3.63) is 33.8 Å². The molecule has 0 spiro atoms. The second-order valence-corrected chi connectivity index (χ2v) is 4.78. The first-order chi connectivity index (χ1) is 9.08. The van der Waals surface area contributed by atoms with Gasteiger partial charge in [0.05, 0.1) is 5.69 Å². The SMILES string of the molecule is CCNc1nc(Cl)nc(Nc2cc(Br)ccc2F)n1. The summed E-state index contributed by atoms with van der Waals surface area (Å²) in [7, 11) is 0. The lowest BCUT2D eigenvalue weighted by molar-refractivity contribution is 0.631. The molecule has 100 valence electrons. The smallest absolute Gasteiger partial charge is 0.233 e. The van der Waals surface area contributed by atoms with Crippen LogP contribution in [0.3, 0.4) is 0 Å². The van der Waals surface area contributed by atoms with Crippen molar-refractivity contribution in [2.45, 2.75) is 6.92 Å². The second-order valence-electron chi connectivity index (χ2n) is 3.53. The Bertz CT molecular complexity index is 595. The van der Waals surface area contributed by atoms with E-state index in [0.29, 0.717) is 12.5 Å². The van der Waals surface area contributed by atoms with E-state index >= 15 is 0 Å². The van der Waals surface area contributed by atoms with Gasteiger partial charge in [-0.25, -0.2) is 4.39 Å². The van der Waals surface area contributed by atoms with Crippen LogP contribution in [0.4, 0.5) is 22.0 Å². The molecule has 0 fully saturated rings. The van der Waals surface area contributed by atoms with E-state index in [1.807, 2.05) is 6.92 Å². The van der Waals surface area contributed by atoms with Crippen LogP contribution in [0.15, 0.2) is 22.7 Å². The third kappa shape index (κ3) is 3.74. The second kappa shape index (κ2) is 6.12. The number of nitrogens with zero attached hydrogens (tertiary/aromatic N) is 3. The van der Waals surface area contributed by atoms with Crippen LogP contribution in [0.25, 0.3) is 0 Å². The number of nitrogens with one attached hydrogen (secondary N) is 2. The van der Waals surface area contributed by atoms with Crippen molar-refractivity contribution < 1.29 is 4.39 Å². The highest BCUT2D eigenvalue weighted by molar-refractivity contribution is 9.10. The largest absolute Gasteiger partial charge is 0.354 e. The molecule has 0 atom stereocenters. The van der Waals surface area contributed by atoms with Crippen LogP contribution in [-0.2, 0) is 0 Å². The Morgan fingerprint density at radius 2 is 2.00 bits per heavy atom. The average molecular weight is 347 g/mol. The number of benzene rings is 1. The maximum atomic E-state index is 13.6. The topological polar surface area (TPSA) is 62.7 Å². The van der Waals surface area contributed by atoms with Gasteiger partial charge in [0.2, 0.25) is 17.2 Å². The summed E-state index contributed by atoms with van der Waals surface area (Å²) >= 11 is 9.04. The van der Waals surface area contributed by atoms with Gasteiger partial charge < -0.3 is 10.6 Å². The quantitative estimate of drug-likeness (QED) is 0.885. The lowest BCUT2D eigenvalue weighted by Gasteiger charge is -2.08. The van der Waals surface area contributed by atoms with Gasteiger partial charge in [0.15, 0.2) is 0 Å². The molecule has 0 saturated carbocycles. The molecule has 0 unspecified atom stereocenters. The van der Waals surface area contributed by atoms with Gasteiger partial charge in [0.1, 0.15) is 5.82 Å². The number of hydrogen-bond donors (Lipinski definition) is 2. The summed E-state index contributed by atoms with van der Waals surface area (Å²) in [5, 5.41) is 5.70. The van der Waals surface area contributed by atoms with Gasteiger partial charge in [-0.3, -0.25) is 0 Å². The Morgan fingerprint density at radius 1 is 1.26 bits per heavy atom. The Hall–Kier alpha value is -1.47. The van der Waals surface area contributed by atoms with Gasteiger partial charge in [-0.05, 0) is 36.7 Å². The summed E-state index contributed by atoms with van der Waals surface area (Å²) in [6.45, 7) is 2.55. The van der Waals surface area contributed by atoms with Crippen LogP contribution in [0, 0.1) is 5.82 Å². The normalized spacial score (nSPS) is 10.3. The summed E-state index contributed by atoms with van der Waals surface area (Å²) in [6.07, 6.45) is 0. The number of aromatic nitrogens is 3. The summed E-state index contributed by atoms with van der Waals surface area (Å²) in [5.41, 5.74) is 0.249. The highest BCUT2D eigenvalue weighted by Crippen LogP contribution is 2.23. The molecule has 2 aromatic rings. The number of anilines is 3. The fourth-order valence-corrected chi connectivity index (χ4v) is 1.88. The van der Waals surface area contributed by atoms with E-state index in [-0.39, 0.29) is 16.9 Å². The predicted molar refractivity (Wildman–Crippen MR) is 76.4 cm³/mol. The Kier molecular flexibility index (Phi) is 4.49. The minimum Gasteiger partial charge on any atom is -0.354 e. The van der Waals surface area contributed by atoms with E-state index in [0.717, 1.165) is 4.47 Å². The minimum atomic E-state index is -0.412. The van der Waals surface area contributed by atoms with Gasteiger partial charge in [-0.15, -0.1) is 0 Å². The third-order valence-corrected chi connectivity index (χ3v) is 2.78. The van der Waals surface area contributed by atoms with E-state index in [1.165, 1.54) is 6.07 Å². The number of rotatable bonds is 4. The van der Waals surface area contributed by atoms with Crippen LogP contribution < -0.4 is 10.6 Å². The highest BCUT2D eigenvalue weighted by Gasteiger charge is 2.08. The molecule has 0 saturated heterocycles. The van der Waals surface area contributed by atoms with Crippen molar-refractivity contribution >= 4 is 45.1 Å². The van der Waals surface area contributed by atoms with Gasteiger partial charge in [0.25, 0.3) is 0 Å². The molecule has 0 aliphatic rings. The molecule has 1 aromatic heterocycles. The van der Waals surface area contributed by atoms with Gasteiger partial charge in [-0.2, -0.15) is 15.0 Å². The molecule has 5 nitrogen and oxygen atoms in total. The zero-order chi connectivity index (χ0) is 13.8. The van der Waals surface area contributed by atoms with Crippen LogP contribution in [-0.4, -0.2) is 21.5 Å². The molecule has 0 aliphatic heterocycles. The lowest BCUT2D eigenvalue weighted by Crippen LogP contribution is -2.07. The standard InChI is InChI=1S/C11H10BrClFN5/c1-2-15-10-17-9(13)18-11(19-10)16-8-5-6(12)3-4-7(8)14/h3-5H,2H2,1H3,(H2,15,16,17,18,19). The molecular formula is C11H10BrClFN5. The zero-order valence-electron chi connectivity index (χ0n) is 9.91. The van der Waals surface area contributed by atoms with Crippen molar-refractivity contribution in [1.29, 1.82) is 0 Å². The highest BCUT2D eigenvalue weighted by atomic mass is 79.9. The maximum Gasteiger partial charge on any atom is 0.233 e. The van der Waals surface area contributed by atoms with Gasteiger partial charge in [-0.1, -0.05) is 15.9 Å². The van der Waals surface area contributed by atoms with Crippen molar-refractivity contribution in [3.63, 3.8) is 0 Å². The molecule has 0 amide bonds. The molecule has 2 N–H and O–H groups in total. The van der Waals surface area contributed by atoms with E-state index in [4.69, 9.17) is 11.6 Å². The number of hydrogen-bond acceptors (Lipinski definition) is 5. The first kappa shape index (κ1) is 14.0. The van der Waals surface area contributed by atoms with E-state index in [2.05, 4.69) is 41.5 Å². The fourth-order valence-electron chi connectivity index (χ4n) is 1.36. The van der Waals surface area contributed by atoms with E-state index in [1.54, 1.807) is 12.1 Å². The lowest BCUT2D eigenvalue weighted by atomic mass is 10.3. The van der Waals surface area contributed by atoms with Crippen LogP contribution >= 0.6 is 27.5 Å².